The van der Waals surface area contributed by atoms with Crippen LogP contribution in [0, 0.1) is 6.92 Å². The number of benzene rings is 1. The second-order valence-corrected chi connectivity index (χ2v) is 5.90. The first kappa shape index (κ1) is 13.6. The lowest BCUT2D eigenvalue weighted by atomic mass is 9.94. The standard InChI is InChI=1S/C16H26N2/c1-5-16(4)12-18(11-10-17-16)14(3)15-8-6-13(2)7-9-15/h6-9,14,17H,5,10-12H2,1-4H3. The Morgan fingerprint density at radius 2 is 2.00 bits per heavy atom. The van der Waals surface area contributed by atoms with Gasteiger partial charge < -0.3 is 5.32 Å². The molecule has 2 unspecified atom stereocenters. The third-order valence-electron chi connectivity index (χ3n) is 4.39. The Labute approximate surface area is 111 Å². The fourth-order valence-electron chi connectivity index (χ4n) is 2.71. The van der Waals surface area contributed by atoms with Gasteiger partial charge in [-0.25, -0.2) is 0 Å². The molecule has 2 rings (SSSR count). The second-order valence-electron chi connectivity index (χ2n) is 5.90. The first-order chi connectivity index (χ1) is 8.54. The molecule has 0 aliphatic carbocycles. The summed E-state index contributed by atoms with van der Waals surface area (Å²) < 4.78 is 0. The van der Waals surface area contributed by atoms with Gasteiger partial charge in [-0.3, -0.25) is 4.90 Å². The average Bonchev–Trinajstić information content (AvgIpc) is 2.39. The van der Waals surface area contributed by atoms with E-state index >= 15 is 0 Å². The van der Waals surface area contributed by atoms with Crippen LogP contribution in [0.3, 0.4) is 0 Å². The summed E-state index contributed by atoms with van der Waals surface area (Å²) >= 11 is 0. The molecule has 2 heteroatoms. The van der Waals surface area contributed by atoms with Crippen LogP contribution in [-0.2, 0) is 0 Å². The van der Waals surface area contributed by atoms with Crippen molar-refractivity contribution >= 4 is 0 Å². The van der Waals surface area contributed by atoms with Gasteiger partial charge in [-0.2, -0.15) is 0 Å². The van der Waals surface area contributed by atoms with E-state index in [1.54, 1.807) is 0 Å². The monoisotopic (exact) mass is 246 g/mol. The van der Waals surface area contributed by atoms with Gasteiger partial charge in [-0.1, -0.05) is 36.8 Å². The zero-order chi connectivity index (χ0) is 13.2. The molecule has 0 spiro atoms. The molecule has 0 aromatic heterocycles. The van der Waals surface area contributed by atoms with Crippen molar-refractivity contribution in [3.63, 3.8) is 0 Å². The van der Waals surface area contributed by atoms with E-state index in [1.165, 1.54) is 17.5 Å². The first-order valence-corrected chi connectivity index (χ1v) is 7.10. The summed E-state index contributed by atoms with van der Waals surface area (Å²) in [6.45, 7) is 12.5. The highest BCUT2D eigenvalue weighted by Gasteiger charge is 2.31. The highest BCUT2D eigenvalue weighted by Crippen LogP contribution is 2.25. The molecule has 1 aliphatic rings. The van der Waals surface area contributed by atoms with Crippen LogP contribution >= 0.6 is 0 Å². The average molecular weight is 246 g/mol. The van der Waals surface area contributed by atoms with Crippen molar-refractivity contribution in [3.8, 4) is 0 Å². The van der Waals surface area contributed by atoms with Crippen LogP contribution in [0.4, 0.5) is 0 Å². The van der Waals surface area contributed by atoms with Crippen molar-refractivity contribution in [2.24, 2.45) is 0 Å². The van der Waals surface area contributed by atoms with Crippen LogP contribution < -0.4 is 5.32 Å². The lowest BCUT2D eigenvalue weighted by Crippen LogP contribution is -2.58. The van der Waals surface area contributed by atoms with E-state index in [4.69, 9.17) is 0 Å². The minimum atomic E-state index is 0.275. The molecule has 0 bridgehead atoms. The summed E-state index contributed by atoms with van der Waals surface area (Å²) in [6.07, 6.45) is 1.18. The molecule has 1 aromatic carbocycles. The van der Waals surface area contributed by atoms with Crippen molar-refractivity contribution in [2.75, 3.05) is 19.6 Å². The second kappa shape index (κ2) is 5.41. The van der Waals surface area contributed by atoms with E-state index in [1.807, 2.05) is 0 Å². The lowest BCUT2D eigenvalue weighted by molar-refractivity contribution is 0.105. The van der Waals surface area contributed by atoms with E-state index in [0.717, 1.165) is 19.6 Å². The van der Waals surface area contributed by atoms with Crippen LogP contribution in [0.25, 0.3) is 0 Å². The van der Waals surface area contributed by atoms with Crippen molar-refractivity contribution < 1.29 is 0 Å². The topological polar surface area (TPSA) is 15.3 Å². The largest absolute Gasteiger partial charge is 0.309 e. The molecular formula is C16H26N2. The van der Waals surface area contributed by atoms with E-state index < -0.39 is 0 Å². The smallest absolute Gasteiger partial charge is 0.0321 e. The van der Waals surface area contributed by atoms with E-state index in [0.29, 0.717) is 6.04 Å². The highest BCUT2D eigenvalue weighted by molar-refractivity contribution is 5.24. The summed E-state index contributed by atoms with van der Waals surface area (Å²) in [5.74, 6) is 0. The van der Waals surface area contributed by atoms with Crippen molar-refractivity contribution in [2.45, 2.75) is 45.7 Å². The number of nitrogens with one attached hydrogen (secondary N) is 1. The van der Waals surface area contributed by atoms with Gasteiger partial charge in [0.25, 0.3) is 0 Å². The highest BCUT2D eigenvalue weighted by atomic mass is 15.2. The SMILES string of the molecule is CCC1(C)CN(C(C)c2ccc(C)cc2)CCN1. The molecule has 2 atom stereocenters. The number of nitrogens with zero attached hydrogens (tertiary/aromatic N) is 1. The minimum Gasteiger partial charge on any atom is -0.309 e. The maximum atomic E-state index is 3.65. The Balaban J connectivity index is 2.09. The van der Waals surface area contributed by atoms with Gasteiger partial charge in [-0.05, 0) is 32.8 Å². The lowest BCUT2D eigenvalue weighted by Gasteiger charge is -2.43. The van der Waals surface area contributed by atoms with Crippen LogP contribution in [0.5, 0.6) is 0 Å². The van der Waals surface area contributed by atoms with Gasteiger partial charge in [0, 0.05) is 31.2 Å². The Morgan fingerprint density at radius 1 is 1.33 bits per heavy atom. The molecule has 18 heavy (non-hydrogen) atoms. The molecule has 0 radical (unpaired) electrons. The number of piperazine rings is 1. The first-order valence-electron chi connectivity index (χ1n) is 7.10. The molecule has 1 heterocycles. The number of hydrogen-bond donors (Lipinski definition) is 1. The van der Waals surface area contributed by atoms with Crippen LogP contribution in [-0.4, -0.2) is 30.1 Å². The van der Waals surface area contributed by atoms with Crippen molar-refractivity contribution in [1.29, 1.82) is 0 Å². The Hall–Kier alpha value is -0.860. The number of aryl methyl sites for hydroxylation is 1. The van der Waals surface area contributed by atoms with Gasteiger partial charge in [0.05, 0.1) is 0 Å². The predicted octanol–water partition coefficient (Wildman–Crippen LogP) is 3.13. The Morgan fingerprint density at radius 3 is 2.61 bits per heavy atom. The number of rotatable bonds is 3. The molecule has 100 valence electrons. The van der Waals surface area contributed by atoms with Gasteiger partial charge in [0.2, 0.25) is 0 Å². The fraction of sp³-hybridized carbons (Fsp3) is 0.625. The summed E-state index contributed by atoms with van der Waals surface area (Å²) in [5, 5.41) is 3.65. The zero-order valence-electron chi connectivity index (χ0n) is 12.2. The molecule has 1 saturated heterocycles. The van der Waals surface area contributed by atoms with Crippen molar-refractivity contribution in [1.82, 2.24) is 10.2 Å². The normalized spacial score (nSPS) is 27.1. The molecule has 1 aliphatic heterocycles. The maximum Gasteiger partial charge on any atom is 0.0321 e. The summed E-state index contributed by atoms with van der Waals surface area (Å²) in [7, 11) is 0. The third-order valence-corrected chi connectivity index (χ3v) is 4.39. The van der Waals surface area contributed by atoms with Gasteiger partial charge in [0.1, 0.15) is 0 Å². The van der Waals surface area contributed by atoms with Gasteiger partial charge in [0.15, 0.2) is 0 Å². The molecule has 2 nitrogen and oxygen atoms in total. The maximum absolute atomic E-state index is 3.65. The van der Waals surface area contributed by atoms with Gasteiger partial charge in [-0.15, -0.1) is 0 Å². The van der Waals surface area contributed by atoms with E-state index in [-0.39, 0.29) is 5.54 Å². The van der Waals surface area contributed by atoms with Crippen LogP contribution in [0.15, 0.2) is 24.3 Å². The molecular weight excluding hydrogens is 220 g/mol. The van der Waals surface area contributed by atoms with Gasteiger partial charge >= 0.3 is 0 Å². The minimum absolute atomic E-state index is 0.275. The number of hydrogen-bond acceptors (Lipinski definition) is 2. The van der Waals surface area contributed by atoms with Crippen molar-refractivity contribution in [3.05, 3.63) is 35.4 Å². The molecule has 0 amide bonds. The molecule has 1 aromatic rings. The third kappa shape index (κ3) is 2.93. The molecule has 0 saturated carbocycles. The summed E-state index contributed by atoms with van der Waals surface area (Å²) in [6, 6.07) is 9.48. The predicted molar refractivity (Wildman–Crippen MR) is 77.9 cm³/mol. The fourth-order valence-corrected chi connectivity index (χ4v) is 2.71. The Kier molecular flexibility index (Phi) is 4.08. The van der Waals surface area contributed by atoms with Crippen LogP contribution in [0.2, 0.25) is 0 Å². The zero-order valence-corrected chi connectivity index (χ0v) is 12.2. The van der Waals surface area contributed by atoms with Crippen LogP contribution in [0.1, 0.15) is 44.4 Å². The summed E-state index contributed by atoms with van der Waals surface area (Å²) in [5.41, 5.74) is 3.04. The molecule has 1 fully saturated rings. The van der Waals surface area contributed by atoms with E-state index in [2.05, 4.69) is 62.2 Å². The summed E-state index contributed by atoms with van der Waals surface area (Å²) in [4.78, 5) is 2.60. The molecule has 1 N–H and O–H groups in total. The Bertz CT molecular complexity index is 385. The quantitative estimate of drug-likeness (QED) is 0.881. The van der Waals surface area contributed by atoms with E-state index in [9.17, 15) is 0 Å².